The summed E-state index contributed by atoms with van der Waals surface area (Å²) in [6, 6.07) is 0. The zero-order valence-electron chi connectivity index (χ0n) is 16.7. The Morgan fingerprint density at radius 3 is 2.41 bits per heavy atom. The molecular weight excluding hydrogens is 376 g/mol. The predicted octanol–water partition coefficient (Wildman–Crippen LogP) is 2.10. The van der Waals surface area contributed by atoms with E-state index >= 15 is 0 Å². The summed E-state index contributed by atoms with van der Waals surface area (Å²) in [5.74, 6) is -0.723. The number of esters is 1. The number of fused-ring (bicyclic) bond motifs is 3. The molecule has 7 aliphatic rings. The van der Waals surface area contributed by atoms with Crippen molar-refractivity contribution in [3.8, 4) is 0 Å². The average molecular weight is 406 g/mol. The van der Waals surface area contributed by atoms with Gasteiger partial charge in [0.15, 0.2) is 5.79 Å². The third-order valence-electron chi connectivity index (χ3n) is 8.92. The van der Waals surface area contributed by atoms with Gasteiger partial charge >= 0.3 is 11.9 Å². The minimum absolute atomic E-state index is 0.117. The van der Waals surface area contributed by atoms with E-state index in [-0.39, 0.29) is 36.4 Å². The molecule has 6 bridgehead atoms. The minimum atomic E-state index is -0.715. The molecule has 1 spiro atoms. The molecule has 7 atom stereocenters. The van der Waals surface area contributed by atoms with Crippen molar-refractivity contribution < 1.29 is 34.0 Å². The van der Waals surface area contributed by atoms with Crippen LogP contribution in [0.1, 0.15) is 57.8 Å². The minimum Gasteiger partial charge on any atom is -0.481 e. The Hall–Kier alpha value is -1.18. The lowest BCUT2D eigenvalue weighted by atomic mass is 9.48. The van der Waals surface area contributed by atoms with Gasteiger partial charge in [0.25, 0.3) is 0 Å². The lowest BCUT2D eigenvalue weighted by Crippen LogP contribution is -2.58. The van der Waals surface area contributed by atoms with E-state index in [4.69, 9.17) is 14.2 Å². The fourth-order valence-electron chi connectivity index (χ4n) is 8.31. The second kappa shape index (κ2) is 5.95. The zero-order valence-corrected chi connectivity index (χ0v) is 16.7. The number of carboxylic acids is 1. The zero-order chi connectivity index (χ0) is 20.0. The van der Waals surface area contributed by atoms with E-state index in [1.165, 1.54) is 0 Å². The summed E-state index contributed by atoms with van der Waals surface area (Å²) < 4.78 is 18.0. The maximum atomic E-state index is 13.1. The molecule has 7 heteroatoms. The van der Waals surface area contributed by atoms with Crippen LogP contribution < -0.4 is 0 Å². The molecule has 0 aromatic rings. The summed E-state index contributed by atoms with van der Waals surface area (Å²) in [5.41, 5.74) is -1.19. The Kier molecular flexibility index (Phi) is 3.81. The summed E-state index contributed by atoms with van der Waals surface area (Å²) in [6.45, 7) is 0.562. The first kappa shape index (κ1) is 18.6. The molecule has 1 saturated heterocycles. The molecule has 160 valence electrons. The molecule has 29 heavy (non-hydrogen) atoms. The topological polar surface area (TPSA) is 102 Å². The van der Waals surface area contributed by atoms with Crippen LogP contribution in [0.4, 0.5) is 0 Å². The van der Waals surface area contributed by atoms with Crippen molar-refractivity contribution in [3.05, 3.63) is 0 Å². The van der Waals surface area contributed by atoms with Crippen LogP contribution in [-0.4, -0.2) is 52.9 Å². The smallest absolute Gasteiger partial charge is 0.312 e. The van der Waals surface area contributed by atoms with Crippen LogP contribution in [0.5, 0.6) is 0 Å². The number of aliphatic carboxylic acids is 1. The van der Waals surface area contributed by atoms with Crippen molar-refractivity contribution in [2.45, 2.75) is 75.3 Å². The normalized spacial score (nSPS) is 54.4. The van der Waals surface area contributed by atoms with E-state index in [9.17, 15) is 19.8 Å². The maximum absolute atomic E-state index is 13.1. The molecule has 7 unspecified atom stereocenters. The monoisotopic (exact) mass is 406 g/mol. The Morgan fingerprint density at radius 2 is 1.79 bits per heavy atom. The van der Waals surface area contributed by atoms with Gasteiger partial charge in [0.2, 0.25) is 0 Å². The second-order valence-corrected chi connectivity index (χ2v) is 11.0. The van der Waals surface area contributed by atoms with Gasteiger partial charge in [0, 0.05) is 12.3 Å². The number of carbonyl (C=O) groups is 2. The lowest BCUT2D eigenvalue weighted by molar-refractivity contribution is -0.214. The molecule has 7 rings (SSSR count). The van der Waals surface area contributed by atoms with Gasteiger partial charge in [-0.25, -0.2) is 0 Å². The van der Waals surface area contributed by atoms with Crippen molar-refractivity contribution in [3.63, 3.8) is 0 Å². The first-order chi connectivity index (χ1) is 13.8. The molecule has 0 amide bonds. The van der Waals surface area contributed by atoms with Gasteiger partial charge in [-0.15, -0.1) is 0 Å². The van der Waals surface area contributed by atoms with E-state index in [1.807, 2.05) is 0 Å². The van der Waals surface area contributed by atoms with Crippen molar-refractivity contribution >= 4 is 11.9 Å². The van der Waals surface area contributed by atoms with Gasteiger partial charge in [0.05, 0.1) is 23.5 Å². The van der Waals surface area contributed by atoms with Crippen LogP contribution in [0.15, 0.2) is 0 Å². The number of aliphatic hydroxyl groups is 1. The summed E-state index contributed by atoms with van der Waals surface area (Å²) in [5, 5.41) is 20.2. The maximum Gasteiger partial charge on any atom is 0.312 e. The van der Waals surface area contributed by atoms with E-state index in [0.717, 1.165) is 38.5 Å². The summed E-state index contributed by atoms with van der Waals surface area (Å²) in [6.07, 6.45) is 6.81. The number of hydrogen-bond acceptors (Lipinski definition) is 6. The highest BCUT2D eigenvalue weighted by Crippen LogP contribution is 2.62. The van der Waals surface area contributed by atoms with Gasteiger partial charge in [-0.3, -0.25) is 9.59 Å². The Balaban J connectivity index is 1.07. The molecule has 0 aromatic carbocycles. The van der Waals surface area contributed by atoms with Gasteiger partial charge in [-0.1, -0.05) is 0 Å². The average Bonchev–Trinajstić information content (AvgIpc) is 3.32. The number of carbonyl (C=O) groups excluding carboxylic acids is 1. The molecule has 1 heterocycles. The molecule has 6 saturated carbocycles. The first-order valence-corrected chi connectivity index (χ1v) is 11.2. The molecule has 0 aromatic heterocycles. The van der Waals surface area contributed by atoms with Crippen molar-refractivity contribution in [2.24, 2.45) is 35.0 Å². The van der Waals surface area contributed by atoms with E-state index in [0.29, 0.717) is 37.7 Å². The van der Waals surface area contributed by atoms with Crippen molar-refractivity contribution in [2.75, 3.05) is 13.2 Å². The molecule has 2 N–H and O–H groups in total. The predicted molar refractivity (Wildman–Crippen MR) is 98.5 cm³/mol. The highest BCUT2D eigenvalue weighted by Gasteiger charge is 2.63. The highest BCUT2D eigenvalue weighted by molar-refractivity contribution is 5.78. The van der Waals surface area contributed by atoms with Crippen LogP contribution in [0, 0.1) is 35.0 Å². The van der Waals surface area contributed by atoms with E-state index < -0.39 is 22.8 Å². The Morgan fingerprint density at radius 1 is 1.03 bits per heavy atom. The number of carboxylic acid groups (broad SMARTS) is 1. The number of rotatable bonds is 4. The van der Waals surface area contributed by atoms with Crippen LogP contribution in [0.3, 0.4) is 0 Å². The van der Waals surface area contributed by atoms with Crippen molar-refractivity contribution in [1.29, 1.82) is 0 Å². The standard InChI is InChI=1S/C22H30O7/c23-18(24)17-3-15-2-14(17)8-22(15)28-10-16(29-22)9-27-19(25)20-4-12-1-13(5-20)7-21(26,6-12)11-20/h12-17,26H,1-11H2,(H,23,24). The number of hydrogen-bond donors (Lipinski definition) is 2. The van der Waals surface area contributed by atoms with Gasteiger partial charge in [-0.05, 0) is 69.1 Å². The van der Waals surface area contributed by atoms with Gasteiger partial charge in [0.1, 0.15) is 12.7 Å². The molecule has 6 aliphatic carbocycles. The summed E-state index contributed by atoms with van der Waals surface area (Å²) in [7, 11) is 0. The van der Waals surface area contributed by atoms with E-state index in [2.05, 4.69) is 0 Å². The molecular formula is C22H30O7. The van der Waals surface area contributed by atoms with Gasteiger partial charge < -0.3 is 24.4 Å². The second-order valence-electron chi connectivity index (χ2n) is 11.0. The van der Waals surface area contributed by atoms with Crippen LogP contribution in [-0.2, 0) is 23.8 Å². The highest BCUT2D eigenvalue weighted by atomic mass is 16.8. The third-order valence-corrected chi connectivity index (χ3v) is 8.92. The molecule has 1 aliphatic heterocycles. The quantitative estimate of drug-likeness (QED) is 0.689. The molecule has 7 fully saturated rings. The number of ether oxygens (including phenoxy) is 3. The third kappa shape index (κ3) is 2.73. The molecule has 7 nitrogen and oxygen atoms in total. The van der Waals surface area contributed by atoms with Crippen molar-refractivity contribution in [1.82, 2.24) is 0 Å². The Labute approximate surface area is 170 Å². The largest absolute Gasteiger partial charge is 0.481 e. The van der Waals surface area contributed by atoms with Crippen LogP contribution in [0.2, 0.25) is 0 Å². The lowest BCUT2D eigenvalue weighted by Gasteiger charge is -2.58. The van der Waals surface area contributed by atoms with Gasteiger partial charge in [-0.2, -0.15) is 0 Å². The Bertz CT molecular complexity index is 735. The van der Waals surface area contributed by atoms with E-state index in [1.54, 1.807) is 0 Å². The SMILES string of the molecule is O=C(O)C1CC2CC1CC21OCC(COC(=O)C23CC4CC(CC(O)(C4)C2)C3)O1. The fourth-order valence-corrected chi connectivity index (χ4v) is 8.31. The van der Waals surface area contributed by atoms with Crippen LogP contribution >= 0.6 is 0 Å². The molecule has 0 radical (unpaired) electrons. The first-order valence-electron chi connectivity index (χ1n) is 11.2. The summed E-state index contributed by atoms with van der Waals surface area (Å²) >= 11 is 0. The van der Waals surface area contributed by atoms with Crippen LogP contribution in [0.25, 0.3) is 0 Å². The summed E-state index contributed by atoms with van der Waals surface area (Å²) in [4.78, 5) is 24.4. The fraction of sp³-hybridized carbons (Fsp3) is 0.909.